The van der Waals surface area contributed by atoms with Crippen LogP contribution >= 0.6 is 0 Å². The molecule has 142 valence electrons. The second-order valence-corrected chi connectivity index (χ2v) is 5.85. The molecule has 0 spiro atoms. The van der Waals surface area contributed by atoms with E-state index in [4.69, 9.17) is 4.74 Å². The zero-order chi connectivity index (χ0) is 19.3. The molecule has 1 aliphatic rings. The summed E-state index contributed by atoms with van der Waals surface area (Å²) in [6.45, 7) is 1.65. The molecule has 1 aliphatic heterocycles. The van der Waals surface area contributed by atoms with E-state index in [1.807, 2.05) is 0 Å². The molecule has 1 aromatic carbocycles. The summed E-state index contributed by atoms with van der Waals surface area (Å²) in [5.41, 5.74) is 0.00715. The quantitative estimate of drug-likeness (QED) is 0.780. The summed E-state index contributed by atoms with van der Waals surface area (Å²) in [6.07, 6.45) is -1.13. The summed E-state index contributed by atoms with van der Waals surface area (Å²) >= 11 is 0. The van der Waals surface area contributed by atoms with Crippen molar-refractivity contribution in [2.24, 2.45) is 0 Å². The number of hydrogen-bond acceptors (Lipinski definition) is 5. The molecule has 2 amide bonds. The first kappa shape index (κ1) is 19.8. The second-order valence-electron chi connectivity index (χ2n) is 5.85. The van der Waals surface area contributed by atoms with Crippen LogP contribution in [0.3, 0.4) is 0 Å². The van der Waals surface area contributed by atoms with Gasteiger partial charge in [0.15, 0.2) is 6.10 Å². The number of nitrogens with one attached hydrogen (secondary N) is 1. The second kappa shape index (κ2) is 8.70. The van der Waals surface area contributed by atoms with Crippen molar-refractivity contribution in [1.82, 2.24) is 10.2 Å². The van der Waals surface area contributed by atoms with Crippen LogP contribution < -0.4 is 5.32 Å². The van der Waals surface area contributed by atoms with E-state index in [0.717, 1.165) is 6.07 Å². The van der Waals surface area contributed by atoms with Gasteiger partial charge in [-0.3, -0.25) is 9.59 Å². The number of benzene rings is 1. The zero-order valence-electron chi connectivity index (χ0n) is 14.5. The lowest BCUT2D eigenvalue weighted by Crippen LogP contribution is -2.49. The van der Waals surface area contributed by atoms with Crippen molar-refractivity contribution in [1.29, 1.82) is 0 Å². The summed E-state index contributed by atoms with van der Waals surface area (Å²) in [5.74, 6) is -3.06. The zero-order valence-corrected chi connectivity index (χ0v) is 14.5. The number of nitrogens with zero attached hydrogens (tertiary/aromatic N) is 1. The summed E-state index contributed by atoms with van der Waals surface area (Å²) in [6, 6.07) is 1.98. The van der Waals surface area contributed by atoms with E-state index in [1.165, 1.54) is 25.0 Å². The lowest BCUT2D eigenvalue weighted by molar-refractivity contribution is -0.162. The summed E-state index contributed by atoms with van der Waals surface area (Å²) in [7, 11) is 1.22. The van der Waals surface area contributed by atoms with Gasteiger partial charge in [0.25, 0.3) is 0 Å². The Bertz CT molecular complexity index is 698. The molecule has 1 saturated heterocycles. The number of morpholine rings is 1. The van der Waals surface area contributed by atoms with Gasteiger partial charge in [-0.05, 0) is 6.07 Å². The fraction of sp³-hybridized carbons (Fsp3) is 0.471. The molecule has 0 unspecified atom stereocenters. The molecule has 1 N–H and O–H groups in total. The van der Waals surface area contributed by atoms with Crippen molar-refractivity contribution in [3.63, 3.8) is 0 Å². The number of hydrogen-bond donors (Lipinski definition) is 1. The van der Waals surface area contributed by atoms with Crippen LogP contribution in [0.25, 0.3) is 0 Å². The number of methoxy groups -OCH3 is 1. The highest BCUT2D eigenvalue weighted by molar-refractivity contribution is 5.81. The van der Waals surface area contributed by atoms with Gasteiger partial charge in [-0.1, -0.05) is 6.07 Å². The monoisotopic (exact) mass is 370 g/mol. The minimum absolute atomic E-state index is 0.00416. The number of halogens is 2. The third-order valence-corrected chi connectivity index (χ3v) is 3.98. The summed E-state index contributed by atoms with van der Waals surface area (Å²) < 4.78 is 37.0. The molecule has 1 heterocycles. The van der Waals surface area contributed by atoms with E-state index in [-0.39, 0.29) is 31.7 Å². The number of ether oxygens (including phenoxy) is 2. The van der Waals surface area contributed by atoms with E-state index in [2.05, 4.69) is 10.1 Å². The Kier molecular flexibility index (Phi) is 6.62. The maximum absolute atomic E-state index is 14.1. The Morgan fingerprint density at radius 1 is 1.38 bits per heavy atom. The summed E-state index contributed by atoms with van der Waals surface area (Å²) in [4.78, 5) is 37.0. The van der Waals surface area contributed by atoms with Crippen LogP contribution in [0.5, 0.6) is 0 Å². The lowest BCUT2D eigenvalue weighted by Gasteiger charge is -2.32. The van der Waals surface area contributed by atoms with Crippen LogP contribution in [-0.4, -0.2) is 55.6 Å². The molecular weight excluding hydrogens is 350 g/mol. The van der Waals surface area contributed by atoms with Crippen LogP contribution in [0.15, 0.2) is 18.2 Å². The average Bonchev–Trinajstić information content (AvgIpc) is 2.60. The molecule has 2 rings (SSSR count). The van der Waals surface area contributed by atoms with Crippen LogP contribution in [-0.2, 0) is 23.9 Å². The van der Waals surface area contributed by atoms with Gasteiger partial charge in [0.05, 0.1) is 32.7 Å². The van der Waals surface area contributed by atoms with Gasteiger partial charge in [-0.15, -0.1) is 0 Å². The maximum atomic E-state index is 14.1. The third-order valence-electron chi connectivity index (χ3n) is 3.98. The predicted octanol–water partition coefficient (Wildman–Crippen LogP) is 0.932. The summed E-state index contributed by atoms with van der Waals surface area (Å²) in [5, 5.41) is 2.50. The van der Waals surface area contributed by atoms with E-state index in [0.29, 0.717) is 6.07 Å². The van der Waals surface area contributed by atoms with Gasteiger partial charge in [-0.2, -0.15) is 0 Å². The molecule has 1 fully saturated rings. The highest BCUT2D eigenvalue weighted by Crippen LogP contribution is 2.23. The van der Waals surface area contributed by atoms with Gasteiger partial charge in [0.1, 0.15) is 11.6 Å². The molecule has 0 radical (unpaired) electrons. The van der Waals surface area contributed by atoms with Gasteiger partial charge in [0, 0.05) is 25.1 Å². The topological polar surface area (TPSA) is 84.9 Å². The van der Waals surface area contributed by atoms with Crippen molar-refractivity contribution in [2.75, 3.05) is 26.8 Å². The van der Waals surface area contributed by atoms with E-state index >= 15 is 0 Å². The molecule has 1 aromatic rings. The Morgan fingerprint density at radius 2 is 2.12 bits per heavy atom. The minimum atomic E-state index is -0.958. The first-order valence-electron chi connectivity index (χ1n) is 8.01. The van der Waals surface area contributed by atoms with Crippen LogP contribution in [0.1, 0.15) is 24.9 Å². The van der Waals surface area contributed by atoms with E-state index < -0.39 is 41.6 Å². The Labute approximate surface area is 149 Å². The molecule has 9 heteroatoms. The first-order chi connectivity index (χ1) is 12.3. The smallest absolute Gasteiger partial charge is 0.336 e. The highest BCUT2D eigenvalue weighted by Gasteiger charge is 2.31. The van der Waals surface area contributed by atoms with Crippen LogP contribution in [0, 0.1) is 11.6 Å². The number of carbonyl (C=O) groups excluding carboxylic acids is 3. The number of esters is 1. The lowest BCUT2D eigenvalue weighted by atomic mass is 10.0. The SMILES string of the molecule is COC(=O)[C@@H]1CN(C(=O)C[C@@H](NC(C)=O)c2ccc(F)cc2F)CCO1. The Hall–Kier alpha value is -2.55. The number of amides is 2. The van der Waals surface area contributed by atoms with E-state index in [1.54, 1.807) is 0 Å². The molecule has 0 saturated carbocycles. The molecule has 2 atom stereocenters. The fourth-order valence-corrected chi connectivity index (χ4v) is 2.72. The van der Waals surface area contributed by atoms with Crippen LogP contribution in [0.2, 0.25) is 0 Å². The number of carbonyl (C=O) groups is 3. The Morgan fingerprint density at radius 3 is 2.73 bits per heavy atom. The van der Waals surface area contributed by atoms with Crippen molar-refractivity contribution in [2.45, 2.75) is 25.5 Å². The standard InChI is InChI=1S/C17H20F2N2O5/c1-10(22)20-14(12-4-3-11(18)7-13(12)19)8-16(23)21-5-6-26-15(9-21)17(24)25-2/h3-4,7,14-15H,5-6,8-9H2,1-2H3,(H,20,22)/t14-,15+/m1/s1. The van der Waals surface area contributed by atoms with Crippen molar-refractivity contribution >= 4 is 17.8 Å². The molecule has 0 aliphatic carbocycles. The largest absolute Gasteiger partial charge is 0.467 e. The normalized spacial score (nSPS) is 18.2. The van der Waals surface area contributed by atoms with Crippen molar-refractivity contribution in [3.8, 4) is 0 Å². The van der Waals surface area contributed by atoms with Gasteiger partial charge >= 0.3 is 5.97 Å². The first-order valence-corrected chi connectivity index (χ1v) is 8.01. The molecule has 26 heavy (non-hydrogen) atoms. The third kappa shape index (κ3) is 4.98. The van der Waals surface area contributed by atoms with Crippen molar-refractivity contribution < 1.29 is 32.6 Å². The van der Waals surface area contributed by atoms with Gasteiger partial charge in [-0.25, -0.2) is 13.6 Å². The molecular formula is C17H20F2N2O5. The molecule has 0 aromatic heterocycles. The van der Waals surface area contributed by atoms with Crippen LogP contribution in [0.4, 0.5) is 8.78 Å². The van der Waals surface area contributed by atoms with Gasteiger partial charge in [0.2, 0.25) is 11.8 Å². The highest BCUT2D eigenvalue weighted by atomic mass is 19.1. The molecule has 7 nitrogen and oxygen atoms in total. The van der Waals surface area contributed by atoms with Gasteiger partial charge < -0.3 is 19.7 Å². The maximum Gasteiger partial charge on any atom is 0.336 e. The fourth-order valence-electron chi connectivity index (χ4n) is 2.72. The number of rotatable bonds is 5. The average molecular weight is 370 g/mol. The van der Waals surface area contributed by atoms with Crippen molar-refractivity contribution in [3.05, 3.63) is 35.4 Å². The predicted molar refractivity (Wildman–Crippen MR) is 85.9 cm³/mol. The minimum Gasteiger partial charge on any atom is -0.467 e. The van der Waals surface area contributed by atoms with E-state index in [9.17, 15) is 23.2 Å². The Balaban J connectivity index is 2.13. The molecule has 0 bridgehead atoms.